The van der Waals surface area contributed by atoms with E-state index >= 15 is 0 Å². The third-order valence-electron chi connectivity index (χ3n) is 2.60. The third kappa shape index (κ3) is 3.77. The summed E-state index contributed by atoms with van der Waals surface area (Å²) < 4.78 is 0. The van der Waals surface area contributed by atoms with Gasteiger partial charge in [0.2, 0.25) is 0 Å². The van der Waals surface area contributed by atoms with Crippen molar-refractivity contribution in [2.45, 2.75) is 32.9 Å². The second kappa shape index (κ2) is 5.58. The number of benzene rings is 1. The van der Waals surface area contributed by atoms with E-state index in [1.807, 2.05) is 20.8 Å². The summed E-state index contributed by atoms with van der Waals surface area (Å²) in [5, 5.41) is 28.8. The van der Waals surface area contributed by atoms with E-state index < -0.39 is 12.1 Å². The SMILES string of the molecule is CC(C)(C)[C@H](O)[C@H](N)c1ccc(O)cc1O.Cl. The third-order valence-corrected chi connectivity index (χ3v) is 2.60. The topological polar surface area (TPSA) is 86.7 Å². The Morgan fingerprint density at radius 3 is 2.12 bits per heavy atom. The lowest BCUT2D eigenvalue weighted by Crippen LogP contribution is -2.36. The highest BCUT2D eigenvalue weighted by molar-refractivity contribution is 5.85. The van der Waals surface area contributed by atoms with Crippen molar-refractivity contribution in [2.24, 2.45) is 11.1 Å². The second-order valence-corrected chi connectivity index (χ2v) is 5.08. The lowest BCUT2D eigenvalue weighted by molar-refractivity contribution is 0.0394. The van der Waals surface area contributed by atoms with Crippen LogP contribution in [-0.4, -0.2) is 21.4 Å². The van der Waals surface area contributed by atoms with E-state index in [4.69, 9.17) is 10.8 Å². The fourth-order valence-electron chi connectivity index (χ4n) is 1.52. The average Bonchev–Trinajstić information content (AvgIpc) is 2.14. The highest BCUT2D eigenvalue weighted by Crippen LogP contribution is 2.33. The van der Waals surface area contributed by atoms with Crippen LogP contribution in [0.3, 0.4) is 0 Å². The molecule has 1 rings (SSSR count). The van der Waals surface area contributed by atoms with Crippen molar-refractivity contribution in [3.8, 4) is 11.5 Å². The van der Waals surface area contributed by atoms with Crippen molar-refractivity contribution in [1.29, 1.82) is 0 Å². The molecule has 2 atom stereocenters. The highest BCUT2D eigenvalue weighted by atomic mass is 35.5. The lowest BCUT2D eigenvalue weighted by atomic mass is 9.82. The molecule has 0 saturated carbocycles. The van der Waals surface area contributed by atoms with Gasteiger partial charge in [0.15, 0.2) is 0 Å². The number of aromatic hydroxyl groups is 2. The molecule has 0 heterocycles. The Labute approximate surface area is 107 Å². The molecule has 0 bridgehead atoms. The maximum atomic E-state index is 10.0. The van der Waals surface area contributed by atoms with Crippen molar-refractivity contribution in [3.63, 3.8) is 0 Å². The van der Waals surface area contributed by atoms with Gasteiger partial charge in [-0.25, -0.2) is 0 Å². The monoisotopic (exact) mass is 261 g/mol. The first-order valence-electron chi connectivity index (χ1n) is 5.19. The molecule has 1 aromatic carbocycles. The molecule has 0 aliphatic rings. The Morgan fingerprint density at radius 2 is 1.71 bits per heavy atom. The molecule has 17 heavy (non-hydrogen) atoms. The predicted molar refractivity (Wildman–Crippen MR) is 69.4 cm³/mol. The van der Waals surface area contributed by atoms with E-state index in [-0.39, 0.29) is 29.3 Å². The van der Waals surface area contributed by atoms with Gasteiger partial charge in [-0.05, 0) is 17.5 Å². The zero-order valence-electron chi connectivity index (χ0n) is 10.2. The molecule has 5 heteroatoms. The van der Waals surface area contributed by atoms with Gasteiger partial charge in [0, 0.05) is 11.6 Å². The number of hydrogen-bond donors (Lipinski definition) is 4. The van der Waals surface area contributed by atoms with Crippen LogP contribution in [0.25, 0.3) is 0 Å². The quantitative estimate of drug-likeness (QED) is 0.655. The number of aliphatic hydroxyl groups is 1. The first-order valence-corrected chi connectivity index (χ1v) is 5.19. The van der Waals surface area contributed by atoms with Crippen molar-refractivity contribution in [2.75, 3.05) is 0 Å². The fraction of sp³-hybridized carbons (Fsp3) is 0.500. The second-order valence-electron chi connectivity index (χ2n) is 5.08. The van der Waals surface area contributed by atoms with Gasteiger partial charge < -0.3 is 21.1 Å². The Morgan fingerprint density at radius 1 is 1.18 bits per heavy atom. The number of rotatable bonds is 2. The minimum Gasteiger partial charge on any atom is -0.508 e. The predicted octanol–water partition coefficient (Wildman–Crippen LogP) is 1.93. The molecule has 1 aromatic rings. The minimum atomic E-state index is -0.775. The van der Waals surface area contributed by atoms with Gasteiger partial charge >= 0.3 is 0 Å². The van der Waals surface area contributed by atoms with Gasteiger partial charge in [-0.15, -0.1) is 12.4 Å². The summed E-state index contributed by atoms with van der Waals surface area (Å²) in [5.41, 5.74) is 5.94. The number of nitrogens with two attached hydrogens (primary N) is 1. The van der Waals surface area contributed by atoms with Gasteiger partial charge in [-0.2, -0.15) is 0 Å². The zero-order chi connectivity index (χ0) is 12.5. The van der Waals surface area contributed by atoms with Gasteiger partial charge in [-0.1, -0.05) is 20.8 Å². The average molecular weight is 262 g/mol. The van der Waals surface area contributed by atoms with Crippen molar-refractivity contribution >= 4 is 12.4 Å². The Balaban J connectivity index is 0.00000256. The standard InChI is InChI=1S/C12H19NO3.ClH/c1-12(2,3)11(16)10(13)8-5-4-7(14)6-9(8)15;/h4-6,10-11,14-16H,13H2,1-3H3;1H/t10-,11-;/m1./s1. The first-order chi connectivity index (χ1) is 7.23. The molecule has 0 saturated heterocycles. The molecule has 0 spiro atoms. The molecule has 5 N–H and O–H groups in total. The maximum Gasteiger partial charge on any atom is 0.124 e. The summed E-state index contributed by atoms with van der Waals surface area (Å²) in [4.78, 5) is 0. The van der Waals surface area contributed by atoms with Crippen LogP contribution in [0.2, 0.25) is 0 Å². The molecular formula is C12H20ClNO3. The number of phenols is 2. The van der Waals surface area contributed by atoms with Crippen molar-refractivity contribution in [3.05, 3.63) is 23.8 Å². The number of phenolic OH excluding ortho intramolecular Hbond substituents is 2. The van der Waals surface area contributed by atoms with E-state index in [9.17, 15) is 10.2 Å². The molecule has 0 fully saturated rings. The Kier molecular flexibility index (Phi) is 5.26. The lowest BCUT2D eigenvalue weighted by Gasteiger charge is -2.31. The summed E-state index contributed by atoms with van der Waals surface area (Å²) in [6, 6.07) is 3.49. The number of halogens is 1. The van der Waals surface area contributed by atoms with Gasteiger partial charge in [-0.3, -0.25) is 0 Å². The summed E-state index contributed by atoms with van der Waals surface area (Å²) in [7, 11) is 0. The van der Waals surface area contributed by atoms with Gasteiger partial charge in [0.25, 0.3) is 0 Å². The maximum absolute atomic E-state index is 10.0. The number of hydrogen-bond acceptors (Lipinski definition) is 4. The molecule has 0 radical (unpaired) electrons. The van der Waals surface area contributed by atoms with Crippen LogP contribution in [0.15, 0.2) is 18.2 Å². The smallest absolute Gasteiger partial charge is 0.124 e. The van der Waals surface area contributed by atoms with Crippen LogP contribution >= 0.6 is 12.4 Å². The molecule has 0 amide bonds. The van der Waals surface area contributed by atoms with Crippen LogP contribution in [0.5, 0.6) is 11.5 Å². The van der Waals surface area contributed by atoms with E-state index in [0.29, 0.717) is 5.56 Å². The summed E-state index contributed by atoms with van der Waals surface area (Å²) in [5.74, 6) is -0.130. The largest absolute Gasteiger partial charge is 0.508 e. The molecule has 0 unspecified atom stereocenters. The van der Waals surface area contributed by atoms with E-state index in [1.54, 1.807) is 0 Å². The van der Waals surface area contributed by atoms with Crippen molar-refractivity contribution < 1.29 is 15.3 Å². The minimum absolute atomic E-state index is 0. The normalized spacial score (nSPS) is 14.9. The van der Waals surface area contributed by atoms with Crippen LogP contribution < -0.4 is 5.73 Å². The van der Waals surface area contributed by atoms with E-state index in [1.165, 1.54) is 18.2 Å². The van der Waals surface area contributed by atoms with Crippen LogP contribution in [0, 0.1) is 5.41 Å². The van der Waals surface area contributed by atoms with Crippen LogP contribution in [0.4, 0.5) is 0 Å². The molecule has 0 aliphatic heterocycles. The van der Waals surface area contributed by atoms with Crippen molar-refractivity contribution in [1.82, 2.24) is 0 Å². The molecular weight excluding hydrogens is 242 g/mol. The molecule has 0 aromatic heterocycles. The molecule has 4 nitrogen and oxygen atoms in total. The highest BCUT2D eigenvalue weighted by Gasteiger charge is 2.30. The van der Waals surface area contributed by atoms with Gasteiger partial charge in [0.1, 0.15) is 11.5 Å². The van der Waals surface area contributed by atoms with E-state index in [2.05, 4.69) is 0 Å². The Bertz CT molecular complexity index is 377. The van der Waals surface area contributed by atoms with Crippen LogP contribution in [0.1, 0.15) is 32.4 Å². The summed E-state index contributed by atoms with van der Waals surface area (Å²) in [6.07, 6.45) is -0.775. The summed E-state index contributed by atoms with van der Waals surface area (Å²) >= 11 is 0. The van der Waals surface area contributed by atoms with Gasteiger partial charge in [0.05, 0.1) is 12.1 Å². The zero-order valence-corrected chi connectivity index (χ0v) is 11.0. The Hall–Kier alpha value is -0.970. The molecule has 98 valence electrons. The first kappa shape index (κ1) is 16.0. The fourth-order valence-corrected chi connectivity index (χ4v) is 1.52. The number of aliphatic hydroxyl groups excluding tert-OH is 1. The van der Waals surface area contributed by atoms with E-state index in [0.717, 1.165) is 0 Å². The molecule has 0 aliphatic carbocycles. The van der Waals surface area contributed by atoms with Crippen LogP contribution in [-0.2, 0) is 0 Å². The summed E-state index contributed by atoms with van der Waals surface area (Å²) in [6.45, 7) is 5.61.